The molecular weight excluding hydrogens is 358 g/mol. The number of aryl methyl sites for hydroxylation is 1. The van der Waals surface area contributed by atoms with Crippen molar-refractivity contribution in [3.63, 3.8) is 0 Å². The average Bonchev–Trinajstić information content (AvgIpc) is 2.69. The Morgan fingerprint density at radius 3 is 2.18 bits per heavy atom. The van der Waals surface area contributed by atoms with E-state index in [0.717, 1.165) is 11.1 Å². The van der Waals surface area contributed by atoms with Gasteiger partial charge in [0.25, 0.3) is 11.8 Å². The molecule has 2 aromatic rings. The van der Waals surface area contributed by atoms with Crippen LogP contribution in [0.3, 0.4) is 0 Å². The minimum atomic E-state index is -0.860. The van der Waals surface area contributed by atoms with Gasteiger partial charge in [-0.15, -0.1) is 0 Å². The number of ether oxygens (including phenoxy) is 1. The molecule has 0 aliphatic carbocycles. The summed E-state index contributed by atoms with van der Waals surface area (Å²) in [5, 5.41) is 2.53. The molecule has 0 saturated carbocycles. The van der Waals surface area contributed by atoms with Crippen molar-refractivity contribution >= 4 is 17.9 Å². The van der Waals surface area contributed by atoms with Gasteiger partial charge in [0.2, 0.25) is 0 Å². The monoisotopic (exact) mass is 383 g/mol. The van der Waals surface area contributed by atoms with Crippen LogP contribution in [0.25, 0.3) is 0 Å². The molecule has 0 heterocycles. The predicted molar refractivity (Wildman–Crippen MR) is 105 cm³/mol. The van der Waals surface area contributed by atoms with Crippen LogP contribution in [0.1, 0.15) is 35.3 Å². The maximum atomic E-state index is 12.4. The minimum absolute atomic E-state index is 0.100. The van der Waals surface area contributed by atoms with Crippen LogP contribution < -0.4 is 16.2 Å². The first-order valence-corrected chi connectivity index (χ1v) is 9.01. The fourth-order valence-electron chi connectivity index (χ4n) is 2.40. The lowest BCUT2D eigenvalue weighted by atomic mass is 10.0. The minimum Gasteiger partial charge on any atom is -0.445 e. The molecular formula is C21H25N3O4. The van der Waals surface area contributed by atoms with Crippen LogP contribution >= 0.6 is 0 Å². The number of hydrazine groups is 1. The van der Waals surface area contributed by atoms with E-state index in [1.807, 2.05) is 37.3 Å². The quantitative estimate of drug-likeness (QED) is 0.668. The highest BCUT2D eigenvalue weighted by atomic mass is 16.5. The van der Waals surface area contributed by atoms with Crippen molar-refractivity contribution in [3.8, 4) is 0 Å². The number of carbonyl (C=O) groups excluding carboxylic acids is 3. The van der Waals surface area contributed by atoms with Crippen molar-refractivity contribution in [1.82, 2.24) is 16.2 Å². The maximum absolute atomic E-state index is 12.4. The zero-order chi connectivity index (χ0) is 20.5. The summed E-state index contributed by atoms with van der Waals surface area (Å²) in [6.45, 7) is 5.58. The summed E-state index contributed by atoms with van der Waals surface area (Å²) in [7, 11) is 0. The Morgan fingerprint density at radius 1 is 0.929 bits per heavy atom. The van der Waals surface area contributed by atoms with E-state index in [4.69, 9.17) is 4.74 Å². The van der Waals surface area contributed by atoms with Gasteiger partial charge >= 0.3 is 6.09 Å². The van der Waals surface area contributed by atoms with Crippen LogP contribution in [0.5, 0.6) is 0 Å². The third kappa shape index (κ3) is 6.42. The molecule has 0 aromatic heterocycles. The smallest absolute Gasteiger partial charge is 0.408 e. The molecule has 0 unspecified atom stereocenters. The Bertz CT molecular complexity index is 804. The van der Waals surface area contributed by atoms with Crippen molar-refractivity contribution in [2.24, 2.45) is 5.92 Å². The van der Waals surface area contributed by atoms with Crippen molar-refractivity contribution in [3.05, 3.63) is 71.3 Å². The molecule has 7 nitrogen and oxygen atoms in total. The second-order valence-electron chi connectivity index (χ2n) is 6.74. The molecule has 7 heteroatoms. The zero-order valence-corrected chi connectivity index (χ0v) is 16.2. The molecule has 0 saturated heterocycles. The SMILES string of the molecule is Cc1ccc(C(=O)NNC(=O)[C@@H](NC(=O)OCc2ccccc2)C(C)C)cc1. The second kappa shape index (κ2) is 10.1. The van der Waals surface area contributed by atoms with E-state index in [2.05, 4.69) is 16.2 Å². The first-order chi connectivity index (χ1) is 13.4. The standard InChI is InChI=1S/C21H25N3O4/c1-14(2)18(22-21(27)28-13-16-7-5-4-6-8-16)20(26)24-23-19(25)17-11-9-15(3)10-12-17/h4-12,14,18H,13H2,1-3H3,(H,22,27)(H,23,25)(H,24,26)/t18-/m0/s1. The Balaban J connectivity index is 1.85. The first kappa shape index (κ1) is 21.0. The van der Waals surface area contributed by atoms with Gasteiger partial charge in [-0.25, -0.2) is 4.79 Å². The van der Waals surface area contributed by atoms with E-state index in [1.54, 1.807) is 38.1 Å². The van der Waals surface area contributed by atoms with Gasteiger partial charge in [-0.05, 0) is 30.5 Å². The fraction of sp³-hybridized carbons (Fsp3) is 0.286. The Hall–Kier alpha value is -3.35. The number of nitrogens with one attached hydrogen (secondary N) is 3. The van der Waals surface area contributed by atoms with Gasteiger partial charge in [0.15, 0.2) is 0 Å². The van der Waals surface area contributed by atoms with Crippen LogP contribution in [-0.4, -0.2) is 23.9 Å². The third-order valence-electron chi connectivity index (χ3n) is 4.05. The molecule has 148 valence electrons. The molecule has 2 aromatic carbocycles. The molecule has 0 fully saturated rings. The lowest BCUT2D eigenvalue weighted by molar-refractivity contribution is -0.124. The summed E-state index contributed by atoms with van der Waals surface area (Å²) >= 11 is 0. The summed E-state index contributed by atoms with van der Waals surface area (Å²) in [5.74, 6) is -1.19. The van der Waals surface area contributed by atoms with E-state index in [-0.39, 0.29) is 12.5 Å². The molecule has 1 atom stereocenters. The summed E-state index contributed by atoms with van der Waals surface area (Å²) in [5.41, 5.74) is 6.99. The Labute approximate surface area is 164 Å². The summed E-state index contributed by atoms with van der Waals surface area (Å²) in [6, 6.07) is 15.3. The lowest BCUT2D eigenvalue weighted by Crippen LogP contribution is -2.54. The number of alkyl carbamates (subject to hydrolysis) is 1. The summed E-state index contributed by atoms with van der Waals surface area (Å²) < 4.78 is 5.15. The third-order valence-corrected chi connectivity index (χ3v) is 4.05. The van der Waals surface area contributed by atoms with Gasteiger partial charge in [-0.1, -0.05) is 61.9 Å². The summed E-state index contributed by atoms with van der Waals surface area (Å²) in [6.07, 6.45) is -0.706. The molecule has 3 amide bonds. The topological polar surface area (TPSA) is 96.5 Å². The maximum Gasteiger partial charge on any atom is 0.408 e. The van der Waals surface area contributed by atoms with E-state index in [1.165, 1.54) is 0 Å². The van der Waals surface area contributed by atoms with E-state index >= 15 is 0 Å². The average molecular weight is 383 g/mol. The Kier molecular flexibility index (Phi) is 7.56. The van der Waals surface area contributed by atoms with Crippen LogP contribution in [0, 0.1) is 12.8 Å². The van der Waals surface area contributed by atoms with Crippen molar-refractivity contribution in [2.45, 2.75) is 33.4 Å². The van der Waals surface area contributed by atoms with Crippen molar-refractivity contribution in [2.75, 3.05) is 0 Å². The van der Waals surface area contributed by atoms with Crippen LogP contribution in [0.2, 0.25) is 0 Å². The second-order valence-corrected chi connectivity index (χ2v) is 6.74. The largest absolute Gasteiger partial charge is 0.445 e. The Morgan fingerprint density at radius 2 is 1.57 bits per heavy atom. The highest BCUT2D eigenvalue weighted by molar-refractivity contribution is 5.96. The predicted octanol–water partition coefficient (Wildman–Crippen LogP) is 2.71. The van der Waals surface area contributed by atoms with Crippen LogP contribution in [0.4, 0.5) is 4.79 Å². The van der Waals surface area contributed by atoms with Crippen molar-refractivity contribution in [1.29, 1.82) is 0 Å². The number of rotatable bonds is 6. The summed E-state index contributed by atoms with van der Waals surface area (Å²) in [4.78, 5) is 36.5. The molecule has 0 spiro atoms. The molecule has 0 aliphatic heterocycles. The molecule has 3 N–H and O–H groups in total. The van der Waals surface area contributed by atoms with Crippen molar-refractivity contribution < 1.29 is 19.1 Å². The molecule has 0 radical (unpaired) electrons. The van der Waals surface area contributed by atoms with Gasteiger partial charge in [0, 0.05) is 5.56 Å². The molecule has 28 heavy (non-hydrogen) atoms. The number of benzene rings is 2. The van der Waals surface area contributed by atoms with Gasteiger partial charge in [-0.3, -0.25) is 20.4 Å². The first-order valence-electron chi connectivity index (χ1n) is 9.01. The van der Waals surface area contributed by atoms with Gasteiger partial charge < -0.3 is 10.1 Å². The highest BCUT2D eigenvalue weighted by Crippen LogP contribution is 2.05. The number of amides is 3. The van der Waals surface area contributed by atoms with Gasteiger partial charge in [0.05, 0.1) is 0 Å². The zero-order valence-electron chi connectivity index (χ0n) is 16.2. The number of hydrogen-bond donors (Lipinski definition) is 3. The number of carbonyl (C=O) groups is 3. The van der Waals surface area contributed by atoms with Crippen LogP contribution in [-0.2, 0) is 16.1 Å². The molecule has 0 aliphatic rings. The fourth-order valence-corrected chi connectivity index (χ4v) is 2.40. The normalized spacial score (nSPS) is 11.4. The highest BCUT2D eigenvalue weighted by Gasteiger charge is 2.25. The van der Waals surface area contributed by atoms with E-state index in [0.29, 0.717) is 5.56 Å². The van der Waals surface area contributed by atoms with Crippen LogP contribution in [0.15, 0.2) is 54.6 Å². The van der Waals surface area contributed by atoms with E-state index in [9.17, 15) is 14.4 Å². The van der Waals surface area contributed by atoms with Gasteiger partial charge in [-0.2, -0.15) is 0 Å². The molecule has 0 bridgehead atoms. The lowest BCUT2D eigenvalue weighted by Gasteiger charge is -2.21. The molecule has 2 rings (SSSR count). The van der Waals surface area contributed by atoms with Gasteiger partial charge in [0.1, 0.15) is 12.6 Å². The van der Waals surface area contributed by atoms with E-state index < -0.39 is 23.9 Å². The number of hydrogen-bond acceptors (Lipinski definition) is 4.